The fraction of sp³-hybridized carbons (Fsp3) is 0.421. The average Bonchev–Trinajstić information content (AvgIpc) is 3.14. The number of hydrogen-bond acceptors (Lipinski definition) is 4. The number of aliphatic hydroxyl groups is 1. The molecule has 1 aliphatic rings. The van der Waals surface area contributed by atoms with E-state index in [0.29, 0.717) is 31.8 Å². The van der Waals surface area contributed by atoms with Gasteiger partial charge in [-0.05, 0) is 17.7 Å². The Morgan fingerprint density at radius 2 is 1.96 bits per heavy atom. The molecular formula is C19H24N2O4. The molecule has 1 atom stereocenters. The molecule has 1 fully saturated rings. The van der Waals surface area contributed by atoms with E-state index in [-0.39, 0.29) is 18.6 Å². The Labute approximate surface area is 147 Å². The first-order chi connectivity index (χ1) is 12.1. The fourth-order valence-corrected chi connectivity index (χ4v) is 3.08. The lowest BCUT2D eigenvalue weighted by Crippen LogP contribution is -2.50. The standard InChI is InChI=1S/C19H24N2O4/c1-21(14-19(23)9-12-24-13-10-19)18(22)20-17(16-8-5-11-25-16)15-6-3-2-4-7-15/h2-8,11,17,23H,9-10,12-14H2,1H3,(H,20,22). The number of rotatable bonds is 5. The van der Waals surface area contributed by atoms with Gasteiger partial charge in [-0.3, -0.25) is 0 Å². The van der Waals surface area contributed by atoms with Crippen LogP contribution in [0.25, 0.3) is 0 Å². The van der Waals surface area contributed by atoms with E-state index in [2.05, 4.69) is 5.32 Å². The minimum atomic E-state index is -0.892. The molecule has 6 heteroatoms. The zero-order valence-corrected chi connectivity index (χ0v) is 14.4. The Bertz CT molecular complexity index is 666. The predicted octanol–water partition coefficient (Wildman–Crippen LogP) is 2.55. The van der Waals surface area contributed by atoms with Crippen molar-refractivity contribution in [3.63, 3.8) is 0 Å². The van der Waals surface area contributed by atoms with Crippen LogP contribution in [0.1, 0.15) is 30.2 Å². The maximum Gasteiger partial charge on any atom is 0.318 e. The minimum absolute atomic E-state index is 0.259. The highest BCUT2D eigenvalue weighted by Crippen LogP contribution is 2.24. The van der Waals surface area contributed by atoms with Gasteiger partial charge in [0.25, 0.3) is 0 Å². The molecule has 2 heterocycles. The third-order valence-corrected chi connectivity index (χ3v) is 4.53. The Morgan fingerprint density at radius 3 is 2.60 bits per heavy atom. The van der Waals surface area contributed by atoms with Crippen LogP contribution >= 0.6 is 0 Å². The van der Waals surface area contributed by atoms with E-state index in [1.165, 1.54) is 4.90 Å². The Balaban J connectivity index is 1.70. The molecule has 1 aromatic heterocycles. The van der Waals surface area contributed by atoms with Gasteiger partial charge in [0.15, 0.2) is 0 Å². The molecule has 0 saturated carbocycles. The Morgan fingerprint density at radius 1 is 1.24 bits per heavy atom. The first-order valence-electron chi connectivity index (χ1n) is 8.47. The summed E-state index contributed by atoms with van der Waals surface area (Å²) in [6.45, 7) is 1.30. The maximum absolute atomic E-state index is 12.7. The van der Waals surface area contributed by atoms with Gasteiger partial charge in [-0.15, -0.1) is 0 Å². The van der Waals surface area contributed by atoms with Gasteiger partial charge >= 0.3 is 6.03 Å². The molecule has 2 aromatic rings. The first kappa shape index (κ1) is 17.5. The number of nitrogens with zero attached hydrogens (tertiary/aromatic N) is 1. The number of carbonyl (C=O) groups is 1. The van der Waals surface area contributed by atoms with Crippen molar-refractivity contribution in [3.05, 3.63) is 60.1 Å². The van der Waals surface area contributed by atoms with E-state index in [4.69, 9.17) is 9.15 Å². The molecule has 0 radical (unpaired) electrons. The zero-order chi connectivity index (χ0) is 17.7. The second kappa shape index (κ2) is 7.72. The summed E-state index contributed by atoms with van der Waals surface area (Å²) in [6.07, 6.45) is 2.65. The summed E-state index contributed by atoms with van der Waals surface area (Å²) in [5.41, 5.74) is 0.0426. The van der Waals surface area contributed by atoms with Gasteiger partial charge in [-0.25, -0.2) is 4.79 Å². The van der Waals surface area contributed by atoms with Crippen molar-refractivity contribution in [1.29, 1.82) is 0 Å². The molecule has 1 aromatic carbocycles. The molecular weight excluding hydrogens is 320 g/mol. The molecule has 2 amide bonds. The Kier molecular flexibility index (Phi) is 5.40. The highest BCUT2D eigenvalue weighted by atomic mass is 16.5. The summed E-state index contributed by atoms with van der Waals surface area (Å²) in [6, 6.07) is 12.7. The highest BCUT2D eigenvalue weighted by Gasteiger charge is 2.33. The minimum Gasteiger partial charge on any atom is -0.467 e. The summed E-state index contributed by atoms with van der Waals surface area (Å²) < 4.78 is 10.8. The molecule has 1 aliphatic heterocycles. The maximum atomic E-state index is 12.7. The second-order valence-corrected chi connectivity index (χ2v) is 6.50. The summed E-state index contributed by atoms with van der Waals surface area (Å²) in [5.74, 6) is 0.665. The largest absolute Gasteiger partial charge is 0.467 e. The predicted molar refractivity (Wildman–Crippen MR) is 93.2 cm³/mol. The van der Waals surface area contributed by atoms with E-state index in [1.807, 2.05) is 36.4 Å². The van der Waals surface area contributed by atoms with Gasteiger partial charge < -0.3 is 24.5 Å². The molecule has 1 unspecified atom stereocenters. The quantitative estimate of drug-likeness (QED) is 0.874. The molecule has 134 valence electrons. The molecule has 3 rings (SSSR count). The number of amides is 2. The summed E-state index contributed by atoms with van der Waals surface area (Å²) in [7, 11) is 1.69. The van der Waals surface area contributed by atoms with Crippen LogP contribution < -0.4 is 5.32 Å². The molecule has 2 N–H and O–H groups in total. The van der Waals surface area contributed by atoms with Crippen molar-refractivity contribution in [2.75, 3.05) is 26.8 Å². The van der Waals surface area contributed by atoms with Crippen LogP contribution in [0.4, 0.5) is 4.79 Å². The van der Waals surface area contributed by atoms with Gasteiger partial charge in [-0.2, -0.15) is 0 Å². The van der Waals surface area contributed by atoms with E-state index in [9.17, 15) is 9.90 Å². The van der Waals surface area contributed by atoms with Crippen molar-refractivity contribution in [2.45, 2.75) is 24.5 Å². The number of hydrogen-bond donors (Lipinski definition) is 2. The van der Waals surface area contributed by atoms with Crippen LogP contribution in [-0.2, 0) is 4.74 Å². The normalized spacial score (nSPS) is 17.7. The topological polar surface area (TPSA) is 74.9 Å². The average molecular weight is 344 g/mol. The van der Waals surface area contributed by atoms with Gasteiger partial charge in [-0.1, -0.05) is 30.3 Å². The van der Waals surface area contributed by atoms with Crippen LogP contribution in [0.5, 0.6) is 0 Å². The molecule has 1 saturated heterocycles. The SMILES string of the molecule is CN(CC1(O)CCOCC1)C(=O)NC(c1ccccc1)c1ccco1. The number of urea groups is 1. The van der Waals surface area contributed by atoms with Crippen molar-refractivity contribution in [1.82, 2.24) is 10.2 Å². The van der Waals surface area contributed by atoms with Gasteiger partial charge in [0.1, 0.15) is 11.8 Å². The summed E-state index contributed by atoms with van der Waals surface area (Å²) in [5, 5.41) is 13.6. The van der Waals surface area contributed by atoms with E-state index in [0.717, 1.165) is 5.56 Å². The van der Waals surface area contributed by atoms with Crippen LogP contribution in [0.2, 0.25) is 0 Å². The van der Waals surface area contributed by atoms with E-state index in [1.54, 1.807) is 19.4 Å². The molecule has 0 spiro atoms. The third-order valence-electron chi connectivity index (χ3n) is 4.53. The fourth-order valence-electron chi connectivity index (χ4n) is 3.08. The van der Waals surface area contributed by atoms with Crippen molar-refractivity contribution < 1.29 is 19.1 Å². The number of carbonyl (C=O) groups excluding carboxylic acids is 1. The van der Waals surface area contributed by atoms with Gasteiger partial charge in [0.05, 0.1) is 18.4 Å². The lowest BCUT2D eigenvalue weighted by Gasteiger charge is -2.35. The number of ether oxygens (including phenoxy) is 1. The summed E-state index contributed by atoms with van der Waals surface area (Å²) in [4.78, 5) is 14.2. The number of furan rings is 1. The van der Waals surface area contributed by atoms with Gasteiger partial charge in [0, 0.05) is 33.1 Å². The molecule has 6 nitrogen and oxygen atoms in total. The van der Waals surface area contributed by atoms with Gasteiger partial charge in [0.2, 0.25) is 0 Å². The van der Waals surface area contributed by atoms with Crippen LogP contribution in [-0.4, -0.2) is 48.4 Å². The molecule has 25 heavy (non-hydrogen) atoms. The first-order valence-corrected chi connectivity index (χ1v) is 8.47. The summed E-state index contributed by atoms with van der Waals surface area (Å²) >= 11 is 0. The van der Waals surface area contributed by atoms with Crippen LogP contribution in [0.3, 0.4) is 0 Å². The monoisotopic (exact) mass is 344 g/mol. The highest BCUT2D eigenvalue weighted by molar-refractivity contribution is 5.75. The Hall–Kier alpha value is -2.31. The van der Waals surface area contributed by atoms with Crippen molar-refractivity contribution >= 4 is 6.03 Å². The smallest absolute Gasteiger partial charge is 0.318 e. The zero-order valence-electron chi connectivity index (χ0n) is 14.4. The van der Waals surface area contributed by atoms with E-state index >= 15 is 0 Å². The number of likely N-dealkylation sites (N-methyl/N-ethyl adjacent to an activating group) is 1. The van der Waals surface area contributed by atoms with Crippen LogP contribution in [0.15, 0.2) is 53.1 Å². The molecule has 0 aliphatic carbocycles. The lowest BCUT2D eigenvalue weighted by atomic mass is 9.94. The second-order valence-electron chi connectivity index (χ2n) is 6.50. The van der Waals surface area contributed by atoms with Crippen LogP contribution in [0, 0.1) is 0 Å². The van der Waals surface area contributed by atoms with Crippen molar-refractivity contribution in [2.24, 2.45) is 0 Å². The van der Waals surface area contributed by atoms with E-state index < -0.39 is 5.60 Å². The number of benzene rings is 1. The van der Waals surface area contributed by atoms with Crippen molar-refractivity contribution in [3.8, 4) is 0 Å². The third kappa shape index (κ3) is 4.41. The lowest BCUT2D eigenvalue weighted by molar-refractivity contribution is -0.0722. The molecule has 0 bridgehead atoms. The number of nitrogens with one attached hydrogen (secondary N) is 1.